The first-order valence-corrected chi connectivity index (χ1v) is 6.41. The standard InChI is InChI=1S/C14H23N3O/c1-4-17(5-2)10-9-16(3)14(18)12-7-6-8-13(15)11-12/h6-8,11H,4-5,9-10,15H2,1-3H3. The fraction of sp³-hybridized carbons (Fsp3) is 0.500. The van der Waals surface area contributed by atoms with Crippen LogP contribution >= 0.6 is 0 Å². The zero-order valence-corrected chi connectivity index (χ0v) is 11.5. The molecule has 0 saturated carbocycles. The monoisotopic (exact) mass is 249 g/mol. The molecule has 0 spiro atoms. The quantitative estimate of drug-likeness (QED) is 0.780. The highest BCUT2D eigenvalue weighted by Gasteiger charge is 2.12. The average molecular weight is 249 g/mol. The van der Waals surface area contributed by atoms with E-state index in [4.69, 9.17) is 5.73 Å². The van der Waals surface area contributed by atoms with E-state index in [0.717, 1.165) is 26.2 Å². The molecule has 0 fully saturated rings. The van der Waals surface area contributed by atoms with E-state index in [1.54, 1.807) is 29.2 Å². The lowest BCUT2D eigenvalue weighted by Gasteiger charge is -2.23. The van der Waals surface area contributed by atoms with E-state index in [2.05, 4.69) is 18.7 Å². The van der Waals surface area contributed by atoms with E-state index < -0.39 is 0 Å². The van der Waals surface area contributed by atoms with E-state index in [1.165, 1.54) is 0 Å². The van der Waals surface area contributed by atoms with Crippen LogP contribution in [-0.4, -0.2) is 48.9 Å². The van der Waals surface area contributed by atoms with Crippen molar-refractivity contribution in [3.05, 3.63) is 29.8 Å². The van der Waals surface area contributed by atoms with Crippen molar-refractivity contribution in [1.29, 1.82) is 0 Å². The molecule has 0 bridgehead atoms. The van der Waals surface area contributed by atoms with Crippen molar-refractivity contribution in [2.24, 2.45) is 0 Å². The van der Waals surface area contributed by atoms with Gasteiger partial charge in [-0.3, -0.25) is 4.79 Å². The van der Waals surface area contributed by atoms with E-state index in [1.807, 2.05) is 7.05 Å². The summed E-state index contributed by atoms with van der Waals surface area (Å²) in [6.45, 7) is 7.91. The molecule has 4 nitrogen and oxygen atoms in total. The molecule has 0 aliphatic carbocycles. The van der Waals surface area contributed by atoms with Gasteiger partial charge in [-0.1, -0.05) is 19.9 Å². The van der Waals surface area contributed by atoms with Crippen molar-refractivity contribution >= 4 is 11.6 Å². The van der Waals surface area contributed by atoms with Gasteiger partial charge in [0.2, 0.25) is 0 Å². The lowest BCUT2D eigenvalue weighted by Crippen LogP contribution is -2.36. The lowest BCUT2D eigenvalue weighted by molar-refractivity contribution is 0.0780. The fourth-order valence-electron chi connectivity index (χ4n) is 1.82. The third-order valence-electron chi connectivity index (χ3n) is 3.13. The molecule has 1 amide bonds. The predicted molar refractivity (Wildman–Crippen MR) is 75.6 cm³/mol. The van der Waals surface area contributed by atoms with Crippen molar-refractivity contribution in [2.45, 2.75) is 13.8 Å². The molecule has 1 aromatic carbocycles. The minimum atomic E-state index is 0.0226. The molecule has 0 saturated heterocycles. The number of anilines is 1. The summed E-state index contributed by atoms with van der Waals surface area (Å²) in [4.78, 5) is 16.2. The number of benzene rings is 1. The number of nitrogens with zero attached hydrogens (tertiary/aromatic N) is 2. The van der Waals surface area contributed by atoms with Crippen LogP contribution in [0.4, 0.5) is 5.69 Å². The van der Waals surface area contributed by atoms with Gasteiger partial charge >= 0.3 is 0 Å². The number of rotatable bonds is 6. The number of hydrogen-bond donors (Lipinski definition) is 1. The minimum Gasteiger partial charge on any atom is -0.399 e. The number of carbonyl (C=O) groups excluding carboxylic acids is 1. The van der Waals surface area contributed by atoms with Gasteiger partial charge in [0.25, 0.3) is 5.91 Å². The minimum absolute atomic E-state index is 0.0226. The Morgan fingerprint density at radius 1 is 1.22 bits per heavy atom. The third-order valence-corrected chi connectivity index (χ3v) is 3.13. The zero-order chi connectivity index (χ0) is 13.5. The Kier molecular flexibility index (Phi) is 5.65. The molecule has 0 atom stereocenters. The molecule has 100 valence electrons. The first-order valence-electron chi connectivity index (χ1n) is 6.41. The Morgan fingerprint density at radius 3 is 2.44 bits per heavy atom. The molecule has 2 N–H and O–H groups in total. The van der Waals surface area contributed by atoms with Crippen LogP contribution in [-0.2, 0) is 0 Å². The van der Waals surface area contributed by atoms with Crippen LogP contribution in [0.25, 0.3) is 0 Å². The number of likely N-dealkylation sites (N-methyl/N-ethyl adjacent to an activating group) is 2. The Balaban J connectivity index is 2.56. The second-order valence-electron chi connectivity index (χ2n) is 4.38. The van der Waals surface area contributed by atoms with Gasteiger partial charge in [0.05, 0.1) is 0 Å². The first kappa shape index (κ1) is 14.5. The van der Waals surface area contributed by atoms with Crippen LogP contribution < -0.4 is 5.73 Å². The van der Waals surface area contributed by atoms with Gasteiger partial charge < -0.3 is 15.5 Å². The van der Waals surface area contributed by atoms with Crippen molar-refractivity contribution in [2.75, 3.05) is 39.0 Å². The molecule has 4 heteroatoms. The smallest absolute Gasteiger partial charge is 0.253 e. The molecule has 0 aliphatic rings. The summed E-state index contributed by atoms with van der Waals surface area (Å²) < 4.78 is 0. The van der Waals surface area contributed by atoms with Crippen molar-refractivity contribution in [3.8, 4) is 0 Å². The number of nitrogen functional groups attached to an aromatic ring is 1. The number of carbonyl (C=O) groups is 1. The van der Waals surface area contributed by atoms with E-state index in [9.17, 15) is 4.79 Å². The molecular weight excluding hydrogens is 226 g/mol. The summed E-state index contributed by atoms with van der Waals surface area (Å²) in [6, 6.07) is 7.11. The van der Waals surface area contributed by atoms with Gasteiger partial charge in [-0.2, -0.15) is 0 Å². The molecule has 18 heavy (non-hydrogen) atoms. The van der Waals surface area contributed by atoms with Crippen LogP contribution in [0.2, 0.25) is 0 Å². The van der Waals surface area contributed by atoms with E-state index >= 15 is 0 Å². The second-order valence-corrected chi connectivity index (χ2v) is 4.38. The molecule has 0 aliphatic heterocycles. The van der Waals surface area contributed by atoms with Gasteiger partial charge in [0.1, 0.15) is 0 Å². The summed E-state index contributed by atoms with van der Waals surface area (Å²) in [5.74, 6) is 0.0226. The van der Waals surface area contributed by atoms with Crippen LogP contribution in [0.5, 0.6) is 0 Å². The predicted octanol–water partition coefficient (Wildman–Crippen LogP) is 1.68. The van der Waals surface area contributed by atoms with E-state index in [-0.39, 0.29) is 5.91 Å². The Hall–Kier alpha value is -1.55. The Bertz CT molecular complexity index is 388. The largest absolute Gasteiger partial charge is 0.399 e. The summed E-state index contributed by atoms with van der Waals surface area (Å²) in [5, 5.41) is 0. The van der Waals surface area contributed by atoms with Gasteiger partial charge in [0, 0.05) is 31.4 Å². The highest BCUT2D eigenvalue weighted by atomic mass is 16.2. The fourth-order valence-corrected chi connectivity index (χ4v) is 1.82. The van der Waals surface area contributed by atoms with Gasteiger partial charge in [-0.15, -0.1) is 0 Å². The summed E-state index contributed by atoms with van der Waals surface area (Å²) in [7, 11) is 1.83. The second kappa shape index (κ2) is 7.01. The molecule has 0 radical (unpaired) electrons. The van der Waals surface area contributed by atoms with Gasteiger partial charge in [-0.05, 0) is 31.3 Å². The SMILES string of the molecule is CCN(CC)CCN(C)C(=O)c1cccc(N)c1. The van der Waals surface area contributed by atoms with Crippen molar-refractivity contribution in [1.82, 2.24) is 9.80 Å². The van der Waals surface area contributed by atoms with Crippen LogP contribution in [0.3, 0.4) is 0 Å². The van der Waals surface area contributed by atoms with Gasteiger partial charge in [0.15, 0.2) is 0 Å². The number of amides is 1. The highest BCUT2D eigenvalue weighted by Crippen LogP contribution is 2.08. The Morgan fingerprint density at radius 2 is 1.89 bits per heavy atom. The van der Waals surface area contributed by atoms with Gasteiger partial charge in [-0.25, -0.2) is 0 Å². The molecule has 0 heterocycles. The molecule has 0 unspecified atom stereocenters. The Labute approximate surface area is 109 Å². The summed E-state index contributed by atoms with van der Waals surface area (Å²) >= 11 is 0. The lowest BCUT2D eigenvalue weighted by atomic mass is 10.2. The maximum Gasteiger partial charge on any atom is 0.253 e. The van der Waals surface area contributed by atoms with Crippen LogP contribution in [0.15, 0.2) is 24.3 Å². The van der Waals surface area contributed by atoms with E-state index in [0.29, 0.717) is 11.3 Å². The normalized spacial score (nSPS) is 10.7. The maximum atomic E-state index is 12.1. The maximum absolute atomic E-state index is 12.1. The van der Waals surface area contributed by atoms with Crippen LogP contribution in [0, 0.1) is 0 Å². The highest BCUT2D eigenvalue weighted by molar-refractivity contribution is 5.94. The summed E-state index contributed by atoms with van der Waals surface area (Å²) in [5.41, 5.74) is 6.96. The zero-order valence-electron chi connectivity index (χ0n) is 11.5. The third kappa shape index (κ3) is 4.04. The molecule has 1 rings (SSSR count). The molecule has 1 aromatic rings. The topological polar surface area (TPSA) is 49.6 Å². The molecular formula is C14H23N3O. The summed E-state index contributed by atoms with van der Waals surface area (Å²) in [6.07, 6.45) is 0. The number of hydrogen-bond acceptors (Lipinski definition) is 3. The van der Waals surface area contributed by atoms with Crippen molar-refractivity contribution < 1.29 is 4.79 Å². The average Bonchev–Trinajstić information content (AvgIpc) is 2.38. The molecule has 0 aromatic heterocycles. The van der Waals surface area contributed by atoms with Crippen LogP contribution in [0.1, 0.15) is 24.2 Å². The first-order chi connectivity index (χ1) is 8.58. The number of nitrogens with two attached hydrogens (primary N) is 1. The van der Waals surface area contributed by atoms with Crippen molar-refractivity contribution in [3.63, 3.8) is 0 Å².